The third-order valence-electron chi connectivity index (χ3n) is 3.11. The van der Waals surface area contributed by atoms with E-state index < -0.39 is 27.2 Å². The first-order chi connectivity index (χ1) is 11.1. The number of sulfone groups is 1. The maximum absolute atomic E-state index is 12.9. The maximum Gasteiger partial charge on any atom is 0.268 e. The van der Waals surface area contributed by atoms with Gasteiger partial charge in [0.1, 0.15) is 11.6 Å². The van der Waals surface area contributed by atoms with Crippen molar-refractivity contribution in [3.05, 3.63) is 48.4 Å². The highest BCUT2D eigenvalue weighted by Crippen LogP contribution is 2.20. The standard InChI is InChI=1S/C16H17FN2O4S/c1-16(2,23-13-7-4-11(17)5-8-13)15(20)19-12-6-9-14(18-10-12)24(3,21)22/h4-10H,1-3H3,(H,19,20). The van der Waals surface area contributed by atoms with E-state index in [-0.39, 0.29) is 5.03 Å². The molecule has 0 atom stereocenters. The van der Waals surface area contributed by atoms with E-state index in [4.69, 9.17) is 4.74 Å². The Morgan fingerprint density at radius 1 is 1.17 bits per heavy atom. The number of pyridine rings is 1. The van der Waals surface area contributed by atoms with E-state index in [9.17, 15) is 17.6 Å². The summed E-state index contributed by atoms with van der Waals surface area (Å²) in [6, 6.07) is 8.06. The van der Waals surface area contributed by atoms with Crippen molar-refractivity contribution in [3.63, 3.8) is 0 Å². The van der Waals surface area contributed by atoms with Gasteiger partial charge in [0.15, 0.2) is 20.5 Å². The molecule has 0 radical (unpaired) electrons. The number of nitrogens with zero attached hydrogens (tertiary/aromatic N) is 1. The van der Waals surface area contributed by atoms with Crippen LogP contribution >= 0.6 is 0 Å². The zero-order chi connectivity index (χ0) is 18.0. The lowest BCUT2D eigenvalue weighted by molar-refractivity contribution is -0.128. The Labute approximate surface area is 139 Å². The molecule has 0 saturated heterocycles. The number of nitrogens with one attached hydrogen (secondary N) is 1. The van der Waals surface area contributed by atoms with Gasteiger partial charge in [-0.15, -0.1) is 0 Å². The van der Waals surface area contributed by atoms with Crippen molar-refractivity contribution in [2.75, 3.05) is 11.6 Å². The highest BCUT2D eigenvalue weighted by Gasteiger charge is 2.30. The first-order valence-electron chi connectivity index (χ1n) is 7.00. The number of hydrogen-bond donors (Lipinski definition) is 1. The fraction of sp³-hybridized carbons (Fsp3) is 0.250. The summed E-state index contributed by atoms with van der Waals surface area (Å²) >= 11 is 0. The zero-order valence-electron chi connectivity index (χ0n) is 13.4. The third kappa shape index (κ3) is 4.51. The average molecular weight is 352 g/mol. The second-order valence-electron chi connectivity index (χ2n) is 5.68. The van der Waals surface area contributed by atoms with Gasteiger partial charge in [-0.1, -0.05) is 0 Å². The van der Waals surface area contributed by atoms with Crippen LogP contribution < -0.4 is 10.1 Å². The molecule has 0 aliphatic heterocycles. The predicted molar refractivity (Wildman–Crippen MR) is 87.1 cm³/mol. The molecule has 8 heteroatoms. The summed E-state index contributed by atoms with van der Waals surface area (Å²) in [5, 5.41) is 2.52. The topological polar surface area (TPSA) is 85.4 Å². The molecular weight excluding hydrogens is 335 g/mol. The van der Waals surface area contributed by atoms with E-state index in [1.807, 2.05) is 0 Å². The van der Waals surface area contributed by atoms with Gasteiger partial charge in [0.2, 0.25) is 0 Å². The van der Waals surface area contributed by atoms with Crippen molar-refractivity contribution < 1.29 is 22.3 Å². The summed E-state index contributed by atoms with van der Waals surface area (Å²) in [6.07, 6.45) is 2.30. The quantitative estimate of drug-likeness (QED) is 0.893. The number of benzene rings is 1. The summed E-state index contributed by atoms with van der Waals surface area (Å²) in [5.74, 6) is -0.510. The fourth-order valence-electron chi connectivity index (χ4n) is 1.80. The first-order valence-corrected chi connectivity index (χ1v) is 8.89. The molecule has 2 rings (SSSR count). The van der Waals surface area contributed by atoms with Crippen molar-refractivity contribution in [1.29, 1.82) is 0 Å². The summed E-state index contributed by atoms with van der Waals surface area (Å²) in [7, 11) is -3.40. The van der Waals surface area contributed by atoms with Crippen molar-refractivity contribution in [1.82, 2.24) is 4.98 Å². The number of ether oxygens (including phenoxy) is 1. The van der Waals surface area contributed by atoms with Crippen LogP contribution in [0.3, 0.4) is 0 Å². The minimum absolute atomic E-state index is 0.0812. The molecule has 0 unspecified atom stereocenters. The molecule has 1 aromatic heterocycles. The van der Waals surface area contributed by atoms with Gasteiger partial charge in [-0.05, 0) is 50.2 Å². The van der Waals surface area contributed by atoms with E-state index in [0.29, 0.717) is 11.4 Å². The number of hydrogen-bond acceptors (Lipinski definition) is 5. The Hall–Kier alpha value is -2.48. The Morgan fingerprint density at radius 3 is 2.29 bits per heavy atom. The minimum atomic E-state index is -3.40. The minimum Gasteiger partial charge on any atom is -0.478 e. The van der Waals surface area contributed by atoms with Gasteiger partial charge in [-0.25, -0.2) is 17.8 Å². The molecule has 128 valence electrons. The number of carbonyl (C=O) groups is 1. The molecule has 1 heterocycles. The number of halogens is 1. The summed E-state index contributed by atoms with van der Waals surface area (Å²) < 4.78 is 41.2. The second-order valence-corrected chi connectivity index (χ2v) is 7.64. The average Bonchev–Trinajstić information content (AvgIpc) is 2.49. The molecule has 1 N–H and O–H groups in total. The first kappa shape index (κ1) is 17.9. The number of aromatic nitrogens is 1. The molecule has 1 amide bonds. The van der Waals surface area contributed by atoms with Crippen LogP contribution in [-0.2, 0) is 14.6 Å². The molecule has 0 bridgehead atoms. The molecule has 2 aromatic rings. The van der Waals surface area contributed by atoms with Crippen LogP contribution in [-0.4, -0.2) is 31.2 Å². The van der Waals surface area contributed by atoms with E-state index >= 15 is 0 Å². The van der Waals surface area contributed by atoms with Crippen LogP contribution in [0.2, 0.25) is 0 Å². The van der Waals surface area contributed by atoms with Crippen molar-refractivity contribution in [3.8, 4) is 5.75 Å². The number of rotatable bonds is 5. The van der Waals surface area contributed by atoms with Crippen LogP contribution in [0.1, 0.15) is 13.8 Å². The van der Waals surface area contributed by atoms with Crippen molar-refractivity contribution in [2.45, 2.75) is 24.5 Å². The summed E-state index contributed by atoms with van der Waals surface area (Å²) in [6.45, 7) is 3.12. The smallest absolute Gasteiger partial charge is 0.268 e. The molecule has 0 fully saturated rings. The molecule has 0 aliphatic rings. The monoisotopic (exact) mass is 352 g/mol. The van der Waals surface area contributed by atoms with Crippen LogP contribution in [0, 0.1) is 5.82 Å². The Balaban J connectivity index is 2.08. The van der Waals surface area contributed by atoms with Crippen molar-refractivity contribution >= 4 is 21.4 Å². The van der Waals surface area contributed by atoms with Crippen molar-refractivity contribution in [2.24, 2.45) is 0 Å². The van der Waals surface area contributed by atoms with E-state index in [1.165, 1.54) is 42.6 Å². The van der Waals surface area contributed by atoms with Crippen LogP contribution in [0.5, 0.6) is 5.75 Å². The molecule has 24 heavy (non-hydrogen) atoms. The lowest BCUT2D eigenvalue weighted by atomic mass is 10.1. The molecule has 0 spiro atoms. The maximum atomic E-state index is 12.9. The number of amides is 1. The molecule has 1 aromatic carbocycles. The molecule has 0 saturated carbocycles. The SMILES string of the molecule is CC(C)(Oc1ccc(F)cc1)C(=O)Nc1ccc(S(C)(=O)=O)nc1. The van der Waals surface area contributed by atoms with Gasteiger partial charge < -0.3 is 10.1 Å². The molecule has 6 nitrogen and oxygen atoms in total. The van der Waals surface area contributed by atoms with Crippen LogP contribution in [0.4, 0.5) is 10.1 Å². The summed E-state index contributed by atoms with van der Waals surface area (Å²) in [4.78, 5) is 16.1. The summed E-state index contributed by atoms with van der Waals surface area (Å²) in [5.41, 5.74) is -0.893. The Bertz CT molecular complexity index is 831. The van der Waals surface area contributed by atoms with Gasteiger partial charge in [0, 0.05) is 6.26 Å². The lowest BCUT2D eigenvalue weighted by Crippen LogP contribution is -2.42. The van der Waals surface area contributed by atoms with E-state index in [1.54, 1.807) is 13.8 Å². The van der Waals surface area contributed by atoms with E-state index in [2.05, 4.69) is 10.3 Å². The van der Waals surface area contributed by atoms with Crippen LogP contribution in [0.15, 0.2) is 47.6 Å². The van der Waals surface area contributed by atoms with Gasteiger partial charge in [-0.3, -0.25) is 4.79 Å². The zero-order valence-corrected chi connectivity index (χ0v) is 14.2. The molecular formula is C16H17FN2O4S. The van der Waals surface area contributed by atoms with Crippen LogP contribution in [0.25, 0.3) is 0 Å². The Morgan fingerprint density at radius 2 is 1.79 bits per heavy atom. The Kier molecular flexibility index (Phi) is 4.88. The fourth-order valence-corrected chi connectivity index (χ4v) is 2.36. The highest BCUT2D eigenvalue weighted by molar-refractivity contribution is 7.90. The normalized spacial score (nSPS) is 11.8. The second kappa shape index (κ2) is 6.56. The largest absolute Gasteiger partial charge is 0.478 e. The number of anilines is 1. The third-order valence-corrected chi connectivity index (χ3v) is 4.11. The van der Waals surface area contributed by atoms with Gasteiger partial charge in [0.25, 0.3) is 5.91 Å². The van der Waals surface area contributed by atoms with Gasteiger partial charge in [-0.2, -0.15) is 0 Å². The number of carbonyl (C=O) groups excluding carboxylic acids is 1. The van der Waals surface area contributed by atoms with E-state index in [0.717, 1.165) is 6.26 Å². The van der Waals surface area contributed by atoms with Gasteiger partial charge >= 0.3 is 0 Å². The van der Waals surface area contributed by atoms with Gasteiger partial charge in [0.05, 0.1) is 11.9 Å². The highest BCUT2D eigenvalue weighted by atomic mass is 32.2. The molecule has 0 aliphatic carbocycles. The lowest BCUT2D eigenvalue weighted by Gasteiger charge is -2.25. The predicted octanol–water partition coefficient (Wildman–Crippen LogP) is 2.42.